The molecule has 1 fully saturated rings. The van der Waals surface area contributed by atoms with Crippen LogP contribution >= 0.6 is 0 Å². The van der Waals surface area contributed by atoms with Crippen LogP contribution in [0.4, 0.5) is 8.78 Å². The van der Waals surface area contributed by atoms with Crippen molar-refractivity contribution >= 4 is 0 Å². The summed E-state index contributed by atoms with van der Waals surface area (Å²) in [5.41, 5.74) is 1.73. The number of rotatable bonds is 6. The Hall–Kier alpha value is -2.40. The minimum atomic E-state index is -0.833. The molecule has 0 bridgehead atoms. The number of halogens is 2. The molecular formula is C27H30F2. The zero-order valence-corrected chi connectivity index (χ0v) is 17.5. The van der Waals surface area contributed by atoms with Crippen molar-refractivity contribution in [3.05, 3.63) is 71.8 Å². The molecule has 0 saturated heterocycles. The van der Waals surface area contributed by atoms with Gasteiger partial charge in [-0.3, -0.25) is 0 Å². The van der Waals surface area contributed by atoms with E-state index in [4.69, 9.17) is 6.42 Å². The summed E-state index contributed by atoms with van der Waals surface area (Å²) in [6.45, 7) is 8.14. The molecule has 0 spiro atoms. The fourth-order valence-corrected chi connectivity index (χ4v) is 4.70. The van der Waals surface area contributed by atoms with Gasteiger partial charge in [-0.1, -0.05) is 56.5 Å². The van der Waals surface area contributed by atoms with Crippen LogP contribution in [0.25, 0.3) is 11.1 Å². The first-order valence-electron chi connectivity index (χ1n) is 10.7. The van der Waals surface area contributed by atoms with Gasteiger partial charge in [0.05, 0.1) is 5.41 Å². The number of benzene rings is 2. The number of allylic oxidation sites excluding steroid dienone is 1. The molecule has 1 saturated carbocycles. The first kappa shape index (κ1) is 21.3. The summed E-state index contributed by atoms with van der Waals surface area (Å²) in [4.78, 5) is 0. The number of hydrogen-bond donors (Lipinski definition) is 0. The third-order valence-electron chi connectivity index (χ3n) is 6.73. The van der Waals surface area contributed by atoms with E-state index in [0.717, 1.165) is 36.8 Å². The van der Waals surface area contributed by atoms with Gasteiger partial charge in [-0.05, 0) is 66.8 Å². The van der Waals surface area contributed by atoms with Crippen LogP contribution < -0.4 is 0 Å². The van der Waals surface area contributed by atoms with Crippen molar-refractivity contribution in [1.29, 1.82) is 0 Å². The van der Waals surface area contributed by atoms with Gasteiger partial charge >= 0.3 is 0 Å². The second-order valence-corrected chi connectivity index (χ2v) is 8.27. The lowest BCUT2D eigenvalue weighted by Gasteiger charge is -2.37. The first-order valence-corrected chi connectivity index (χ1v) is 10.7. The highest BCUT2D eigenvalue weighted by atomic mass is 19.1. The lowest BCUT2D eigenvalue weighted by molar-refractivity contribution is 0.264. The molecule has 1 aliphatic rings. The van der Waals surface area contributed by atoms with E-state index in [1.54, 1.807) is 0 Å². The molecule has 0 aliphatic heterocycles. The molecule has 1 atom stereocenters. The average molecular weight is 393 g/mol. The van der Waals surface area contributed by atoms with Gasteiger partial charge in [0.1, 0.15) is 11.6 Å². The third-order valence-corrected chi connectivity index (χ3v) is 6.73. The number of terminal acetylenes is 1. The Morgan fingerprint density at radius 2 is 1.69 bits per heavy atom. The molecular weight excluding hydrogens is 362 g/mol. The molecule has 0 heterocycles. The lowest BCUT2D eigenvalue weighted by Crippen LogP contribution is -2.32. The van der Waals surface area contributed by atoms with Crippen LogP contribution in [0.5, 0.6) is 0 Å². The summed E-state index contributed by atoms with van der Waals surface area (Å²) in [7, 11) is 0. The second kappa shape index (κ2) is 8.95. The van der Waals surface area contributed by atoms with E-state index in [2.05, 4.69) is 26.3 Å². The average Bonchev–Trinajstić information content (AvgIpc) is 2.75. The van der Waals surface area contributed by atoms with E-state index in [0.29, 0.717) is 24.3 Å². The molecule has 1 unspecified atom stereocenters. The molecule has 0 amide bonds. The summed E-state index contributed by atoms with van der Waals surface area (Å²) in [5, 5.41) is 0. The summed E-state index contributed by atoms with van der Waals surface area (Å²) in [5.74, 6) is 2.58. The Labute approximate surface area is 174 Å². The van der Waals surface area contributed by atoms with Gasteiger partial charge in [-0.2, -0.15) is 0 Å². The molecule has 2 aromatic rings. The van der Waals surface area contributed by atoms with Crippen LogP contribution in [0, 0.1) is 29.9 Å². The van der Waals surface area contributed by atoms with E-state index < -0.39 is 17.0 Å². The minimum Gasteiger partial charge on any atom is -0.207 e. The predicted molar refractivity (Wildman–Crippen MR) is 118 cm³/mol. The van der Waals surface area contributed by atoms with Crippen LogP contribution in [0.3, 0.4) is 0 Å². The monoisotopic (exact) mass is 392 g/mol. The zero-order chi connectivity index (χ0) is 21.0. The van der Waals surface area contributed by atoms with Crippen LogP contribution in [-0.2, 0) is 5.41 Å². The fourth-order valence-electron chi connectivity index (χ4n) is 4.70. The van der Waals surface area contributed by atoms with Gasteiger partial charge in [-0.25, -0.2) is 8.78 Å². The summed E-state index contributed by atoms with van der Waals surface area (Å²) < 4.78 is 30.3. The standard InChI is InChI=1S/C27H30F2/c1-5-19-13-15-27(8-4,16-14-19)26-24(28)17-23(18-25(26)29)22-11-9-21(10-12-22)20(6-2)7-3/h4,6,9-12,17-20H,2,5,7,13-16H2,1,3H3. The SMILES string of the molecule is C#CC1(c2c(F)cc(-c3ccc(C(C=C)CC)cc3)cc2F)CCC(CC)CC1. The van der Waals surface area contributed by atoms with Crippen LogP contribution in [0.1, 0.15) is 69.4 Å². The van der Waals surface area contributed by atoms with Crippen molar-refractivity contribution in [2.75, 3.05) is 0 Å². The van der Waals surface area contributed by atoms with Crippen molar-refractivity contribution in [3.8, 4) is 23.5 Å². The van der Waals surface area contributed by atoms with Crippen LogP contribution in [0.15, 0.2) is 49.1 Å². The Morgan fingerprint density at radius 3 is 2.14 bits per heavy atom. The fraction of sp³-hybridized carbons (Fsp3) is 0.407. The van der Waals surface area contributed by atoms with E-state index >= 15 is 8.78 Å². The van der Waals surface area contributed by atoms with Crippen molar-refractivity contribution in [1.82, 2.24) is 0 Å². The summed E-state index contributed by atoms with van der Waals surface area (Å²) in [6.07, 6.45) is 12.9. The van der Waals surface area contributed by atoms with E-state index in [1.807, 2.05) is 30.3 Å². The maximum absolute atomic E-state index is 15.2. The molecule has 2 aromatic carbocycles. The van der Waals surface area contributed by atoms with Gasteiger partial charge in [0.15, 0.2) is 0 Å². The Bertz CT molecular complexity index is 870. The number of hydrogen-bond acceptors (Lipinski definition) is 0. The highest BCUT2D eigenvalue weighted by Gasteiger charge is 2.39. The molecule has 3 rings (SSSR count). The minimum absolute atomic E-state index is 0.0765. The van der Waals surface area contributed by atoms with Crippen LogP contribution in [-0.4, -0.2) is 0 Å². The van der Waals surface area contributed by atoms with Crippen molar-refractivity contribution in [2.45, 2.75) is 63.7 Å². The lowest BCUT2D eigenvalue weighted by atomic mass is 9.66. The van der Waals surface area contributed by atoms with E-state index in [9.17, 15) is 0 Å². The maximum atomic E-state index is 15.2. The Balaban J connectivity index is 1.94. The van der Waals surface area contributed by atoms with E-state index in [1.165, 1.54) is 12.1 Å². The zero-order valence-electron chi connectivity index (χ0n) is 17.5. The molecule has 1 aliphatic carbocycles. The molecule has 0 N–H and O–H groups in total. The largest absolute Gasteiger partial charge is 0.207 e. The molecule has 0 aromatic heterocycles. The second-order valence-electron chi connectivity index (χ2n) is 8.27. The van der Waals surface area contributed by atoms with Gasteiger partial charge in [0.2, 0.25) is 0 Å². The van der Waals surface area contributed by atoms with Gasteiger partial charge < -0.3 is 0 Å². The highest BCUT2D eigenvalue weighted by molar-refractivity contribution is 5.65. The van der Waals surface area contributed by atoms with Gasteiger partial charge in [-0.15, -0.1) is 13.0 Å². The van der Waals surface area contributed by atoms with Gasteiger partial charge in [0, 0.05) is 11.5 Å². The summed E-state index contributed by atoms with van der Waals surface area (Å²) >= 11 is 0. The normalized spacial score (nSPS) is 22.7. The Morgan fingerprint density at radius 1 is 1.10 bits per heavy atom. The Kier molecular flexibility index (Phi) is 6.58. The molecule has 29 heavy (non-hydrogen) atoms. The smallest absolute Gasteiger partial charge is 0.131 e. The van der Waals surface area contributed by atoms with Crippen molar-refractivity contribution in [3.63, 3.8) is 0 Å². The first-order chi connectivity index (χ1) is 14.0. The summed E-state index contributed by atoms with van der Waals surface area (Å²) in [6, 6.07) is 10.7. The van der Waals surface area contributed by atoms with Crippen LogP contribution in [0.2, 0.25) is 0 Å². The molecule has 2 heteroatoms. The van der Waals surface area contributed by atoms with Crippen molar-refractivity contribution < 1.29 is 8.78 Å². The molecule has 152 valence electrons. The topological polar surface area (TPSA) is 0 Å². The molecule has 0 radical (unpaired) electrons. The van der Waals surface area contributed by atoms with Crippen molar-refractivity contribution in [2.24, 2.45) is 5.92 Å². The third kappa shape index (κ3) is 4.15. The molecule has 0 nitrogen and oxygen atoms in total. The van der Waals surface area contributed by atoms with E-state index in [-0.39, 0.29) is 11.5 Å². The maximum Gasteiger partial charge on any atom is 0.131 e. The van der Waals surface area contributed by atoms with Gasteiger partial charge in [0.25, 0.3) is 0 Å². The quantitative estimate of drug-likeness (QED) is 0.348. The highest BCUT2D eigenvalue weighted by Crippen LogP contribution is 2.44. The predicted octanol–water partition coefficient (Wildman–Crippen LogP) is 7.78.